The summed E-state index contributed by atoms with van der Waals surface area (Å²) in [4.78, 5) is 8.78. The number of hydrogen-bond donors (Lipinski definition) is 0. The molecule has 1 atom stereocenters. The quantitative estimate of drug-likeness (QED) is 0.239. The molecule has 1 saturated heterocycles. The van der Waals surface area contributed by atoms with E-state index < -0.39 is 15.6 Å². The van der Waals surface area contributed by atoms with E-state index in [-0.39, 0.29) is 17.2 Å². The molecule has 0 saturated carbocycles. The zero-order valence-electron chi connectivity index (χ0n) is 26.8. The lowest BCUT2D eigenvalue weighted by Crippen LogP contribution is -2.58. The summed E-state index contributed by atoms with van der Waals surface area (Å²) in [5.41, 5.74) is 2.45. The van der Waals surface area contributed by atoms with Crippen molar-refractivity contribution in [3.05, 3.63) is 95.8 Å². The predicted octanol–water partition coefficient (Wildman–Crippen LogP) is 4.65. The number of rotatable bonds is 10. The minimum absolute atomic E-state index is 0.00850. The van der Waals surface area contributed by atoms with Gasteiger partial charge in [0.25, 0.3) is 10.0 Å². The van der Waals surface area contributed by atoms with Crippen molar-refractivity contribution in [2.45, 2.75) is 17.4 Å². The maximum atomic E-state index is 14.7. The molecule has 11 nitrogen and oxygen atoms in total. The van der Waals surface area contributed by atoms with Crippen LogP contribution in [0.2, 0.25) is 0 Å². The van der Waals surface area contributed by atoms with E-state index in [1.807, 2.05) is 43.3 Å². The Kier molecular flexibility index (Phi) is 8.86. The van der Waals surface area contributed by atoms with Crippen molar-refractivity contribution in [3.8, 4) is 29.1 Å². The van der Waals surface area contributed by atoms with Crippen LogP contribution in [-0.4, -0.2) is 79.0 Å². The van der Waals surface area contributed by atoms with Crippen LogP contribution in [0.3, 0.4) is 0 Å². The minimum atomic E-state index is -4.19. The molecule has 1 aromatic heterocycles. The van der Waals surface area contributed by atoms with Gasteiger partial charge in [0.2, 0.25) is 0 Å². The van der Waals surface area contributed by atoms with Gasteiger partial charge in [-0.25, -0.2) is 8.42 Å². The molecule has 0 spiro atoms. The predicted molar refractivity (Wildman–Crippen MR) is 178 cm³/mol. The Morgan fingerprint density at radius 3 is 2.15 bits per heavy atom. The molecule has 1 unspecified atom stereocenters. The van der Waals surface area contributed by atoms with E-state index in [1.54, 1.807) is 43.8 Å². The molecule has 4 aromatic rings. The van der Waals surface area contributed by atoms with Gasteiger partial charge in [-0.1, -0.05) is 0 Å². The first-order valence-electron chi connectivity index (χ1n) is 15.3. The third-order valence-electron chi connectivity index (χ3n) is 8.93. The molecule has 0 amide bonds. The number of fused-ring (bicyclic) bond motifs is 1. The lowest BCUT2D eigenvalue weighted by molar-refractivity contribution is 0.124. The SMILES string of the molecule is CCOc1cc(OC)ccc1C1(N2CCN(c3ccncc3)CC2)CN(S(=O)(=O)c2ccc(OC)cc2OC)c2ccc(C#N)cc21. The van der Waals surface area contributed by atoms with Crippen molar-refractivity contribution in [2.24, 2.45) is 0 Å². The summed E-state index contributed by atoms with van der Waals surface area (Å²) in [6.07, 6.45) is 3.56. The Morgan fingerprint density at radius 2 is 1.51 bits per heavy atom. The number of ether oxygens (including phenoxy) is 4. The van der Waals surface area contributed by atoms with Gasteiger partial charge in [-0.2, -0.15) is 5.26 Å². The van der Waals surface area contributed by atoms with E-state index in [0.29, 0.717) is 66.8 Å². The second kappa shape index (κ2) is 13.0. The third-order valence-corrected chi connectivity index (χ3v) is 10.7. The first kappa shape index (κ1) is 32.0. The number of hydrogen-bond acceptors (Lipinski definition) is 10. The second-order valence-corrected chi connectivity index (χ2v) is 13.0. The fourth-order valence-electron chi connectivity index (χ4n) is 6.67. The van der Waals surface area contributed by atoms with E-state index >= 15 is 0 Å². The van der Waals surface area contributed by atoms with Crippen LogP contribution in [0.5, 0.6) is 23.0 Å². The van der Waals surface area contributed by atoms with Crippen LogP contribution >= 0.6 is 0 Å². The second-order valence-electron chi connectivity index (χ2n) is 11.2. The molecule has 6 rings (SSSR count). The lowest BCUT2D eigenvalue weighted by Gasteiger charge is -2.47. The zero-order valence-corrected chi connectivity index (χ0v) is 27.7. The molecule has 12 heteroatoms. The molecule has 244 valence electrons. The van der Waals surface area contributed by atoms with Gasteiger partial charge in [0, 0.05) is 67.5 Å². The Bertz CT molecular complexity index is 1910. The fourth-order valence-corrected chi connectivity index (χ4v) is 8.32. The third kappa shape index (κ3) is 5.55. The number of aromatic nitrogens is 1. The minimum Gasteiger partial charge on any atom is -0.497 e. The highest BCUT2D eigenvalue weighted by atomic mass is 32.2. The van der Waals surface area contributed by atoms with E-state index in [2.05, 4.69) is 20.9 Å². The van der Waals surface area contributed by atoms with E-state index in [1.165, 1.54) is 24.6 Å². The van der Waals surface area contributed by atoms with E-state index in [4.69, 9.17) is 18.9 Å². The Morgan fingerprint density at radius 1 is 0.830 bits per heavy atom. The van der Waals surface area contributed by atoms with Gasteiger partial charge < -0.3 is 23.8 Å². The van der Waals surface area contributed by atoms with Crippen molar-refractivity contribution >= 4 is 21.4 Å². The molecule has 47 heavy (non-hydrogen) atoms. The highest BCUT2D eigenvalue weighted by Gasteiger charge is 2.54. The highest BCUT2D eigenvalue weighted by molar-refractivity contribution is 7.93. The van der Waals surface area contributed by atoms with Gasteiger partial charge in [0.1, 0.15) is 27.9 Å². The van der Waals surface area contributed by atoms with Gasteiger partial charge in [-0.3, -0.25) is 14.2 Å². The Balaban J connectivity index is 1.56. The number of pyridine rings is 1. The molecule has 0 aliphatic carbocycles. The first-order chi connectivity index (χ1) is 22.8. The van der Waals surface area contributed by atoms with Crippen molar-refractivity contribution in [1.82, 2.24) is 9.88 Å². The van der Waals surface area contributed by atoms with Gasteiger partial charge in [-0.05, 0) is 61.5 Å². The van der Waals surface area contributed by atoms with Crippen LogP contribution in [-0.2, 0) is 15.6 Å². The zero-order chi connectivity index (χ0) is 33.2. The number of nitrogens with zero attached hydrogens (tertiary/aromatic N) is 5. The summed E-state index contributed by atoms with van der Waals surface area (Å²) in [7, 11) is 0.356. The van der Waals surface area contributed by atoms with Gasteiger partial charge in [0.15, 0.2) is 0 Å². The molecule has 0 bridgehead atoms. The van der Waals surface area contributed by atoms with Crippen LogP contribution in [0.1, 0.15) is 23.6 Å². The largest absolute Gasteiger partial charge is 0.497 e. The smallest absolute Gasteiger partial charge is 0.268 e. The summed E-state index contributed by atoms with van der Waals surface area (Å²) in [5.74, 6) is 1.84. The van der Waals surface area contributed by atoms with Crippen molar-refractivity contribution in [1.29, 1.82) is 5.26 Å². The average molecular weight is 656 g/mol. The average Bonchev–Trinajstić information content (AvgIpc) is 3.47. The number of sulfonamides is 1. The van der Waals surface area contributed by atoms with Gasteiger partial charge in [-0.15, -0.1) is 0 Å². The molecule has 3 heterocycles. The first-order valence-corrected chi connectivity index (χ1v) is 16.8. The number of benzene rings is 3. The van der Waals surface area contributed by atoms with Crippen LogP contribution < -0.4 is 28.2 Å². The summed E-state index contributed by atoms with van der Waals surface area (Å²) >= 11 is 0. The summed E-state index contributed by atoms with van der Waals surface area (Å²) in [6.45, 7) is 4.94. The molecule has 1 fully saturated rings. The maximum absolute atomic E-state index is 14.7. The molecule has 0 radical (unpaired) electrons. The molecule has 3 aromatic carbocycles. The Hall–Kier alpha value is -4.99. The highest BCUT2D eigenvalue weighted by Crippen LogP contribution is 2.53. The lowest BCUT2D eigenvalue weighted by atomic mass is 9.81. The summed E-state index contributed by atoms with van der Waals surface area (Å²) < 4.78 is 53.6. The monoisotopic (exact) mass is 655 g/mol. The molecular formula is C35H37N5O6S. The van der Waals surface area contributed by atoms with Crippen LogP contribution in [0.4, 0.5) is 11.4 Å². The van der Waals surface area contributed by atoms with E-state index in [0.717, 1.165) is 11.3 Å². The number of methoxy groups -OCH3 is 3. The summed E-state index contributed by atoms with van der Waals surface area (Å²) in [5, 5.41) is 10.0. The molecule has 2 aliphatic heterocycles. The van der Waals surface area contributed by atoms with Crippen LogP contribution in [0, 0.1) is 11.3 Å². The standard InChI is InChI=1S/C35H37N5O6S/c1-5-46-32-21-27(43-2)7-9-29(32)35(39-18-16-38(17-19-39)26-12-14-37-15-13-26)24-40(31-10-6-25(23-36)20-30(31)35)47(41,42)34-11-8-28(44-3)22-33(34)45-4/h6-15,20-22H,5,16-19,24H2,1-4H3. The van der Waals surface area contributed by atoms with Gasteiger partial charge >= 0.3 is 0 Å². The maximum Gasteiger partial charge on any atom is 0.268 e. The normalized spacial score (nSPS) is 17.9. The molecule has 0 N–H and O–H groups in total. The number of nitriles is 1. The van der Waals surface area contributed by atoms with Crippen LogP contribution in [0.25, 0.3) is 0 Å². The van der Waals surface area contributed by atoms with Crippen molar-refractivity contribution < 1.29 is 27.4 Å². The fraction of sp³-hybridized carbons (Fsp3) is 0.314. The molecular weight excluding hydrogens is 618 g/mol. The number of piperazine rings is 1. The summed E-state index contributed by atoms with van der Waals surface area (Å²) in [6, 6.07) is 21.8. The van der Waals surface area contributed by atoms with Gasteiger partial charge in [0.05, 0.1) is 57.3 Å². The Labute approximate surface area is 275 Å². The number of anilines is 2. The van der Waals surface area contributed by atoms with E-state index in [9.17, 15) is 13.7 Å². The van der Waals surface area contributed by atoms with Crippen molar-refractivity contribution in [3.63, 3.8) is 0 Å². The van der Waals surface area contributed by atoms with Crippen LogP contribution in [0.15, 0.2) is 84.0 Å². The molecule has 2 aliphatic rings. The topological polar surface area (TPSA) is 117 Å². The van der Waals surface area contributed by atoms with Crippen molar-refractivity contribution in [2.75, 3.05) is 69.9 Å².